The zero-order valence-corrected chi connectivity index (χ0v) is 16.6. The van der Waals surface area contributed by atoms with Crippen LogP contribution < -0.4 is 16.0 Å². The molecule has 0 spiro atoms. The number of para-hydroxylation sites is 1. The van der Waals surface area contributed by atoms with Crippen molar-refractivity contribution < 1.29 is 19.5 Å². The number of carbonyl (C=O) groups is 2. The Morgan fingerprint density at radius 2 is 1.97 bits per heavy atom. The lowest BCUT2D eigenvalue weighted by atomic mass is 9.93. The van der Waals surface area contributed by atoms with E-state index in [1.807, 2.05) is 61.5 Å². The van der Waals surface area contributed by atoms with E-state index >= 15 is 0 Å². The molecule has 7 heteroatoms. The summed E-state index contributed by atoms with van der Waals surface area (Å²) in [7, 11) is 0. The topological polar surface area (TPSA) is 115 Å². The van der Waals surface area contributed by atoms with Crippen LogP contribution in [0, 0.1) is 18.3 Å². The van der Waals surface area contributed by atoms with Crippen LogP contribution in [0.25, 0.3) is 10.9 Å². The standard InChI is InChI=1S/C23H23N3O4/c1-14-10-16(18-4-2-3-5-20(18)25-14)13-30-17-8-6-15(7-9-17)11-23(22(24)28)12-19(23)21(27)26-29/h2-10,19,29H,11-13H2,1H3,(H2,24,28)(H,26,27)/t19?,23-/m0/s1. The van der Waals surface area contributed by atoms with Crippen LogP contribution >= 0.6 is 0 Å². The maximum atomic E-state index is 11.9. The van der Waals surface area contributed by atoms with Crippen molar-refractivity contribution in [2.24, 2.45) is 17.1 Å². The van der Waals surface area contributed by atoms with Crippen molar-refractivity contribution in [1.29, 1.82) is 0 Å². The van der Waals surface area contributed by atoms with Crippen molar-refractivity contribution in [2.75, 3.05) is 0 Å². The van der Waals surface area contributed by atoms with E-state index in [1.165, 1.54) is 0 Å². The first-order valence-electron chi connectivity index (χ1n) is 9.74. The highest BCUT2D eigenvalue weighted by atomic mass is 16.5. The van der Waals surface area contributed by atoms with E-state index in [9.17, 15) is 9.59 Å². The maximum Gasteiger partial charge on any atom is 0.247 e. The quantitative estimate of drug-likeness (QED) is 0.413. The highest BCUT2D eigenvalue weighted by Crippen LogP contribution is 2.54. The number of nitrogens with zero attached hydrogens (tertiary/aromatic N) is 1. The molecule has 0 bridgehead atoms. The molecule has 0 aliphatic heterocycles. The fraction of sp³-hybridized carbons (Fsp3) is 0.261. The second-order valence-corrected chi connectivity index (χ2v) is 7.80. The summed E-state index contributed by atoms with van der Waals surface area (Å²) in [6.07, 6.45) is 0.677. The van der Waals surface area contributed by atoms with Gasteiger partial charge >= 0.3 is 0 Å². The van der Waals surface area contributed by atoms with Crippen molar-refractivity contribution in [3.8, 4) is 5.75 Å². The molecule has 1 heterocycles. The minimum atomic E-state index is -0.942. The molecular weight excluding hydrogens is 382 g/mol. The number of hydroxylamine groups is 1. The summed E-state index contributed by atoms with van der Waals surface area (Å²) < 4.78 is 5.96. The second kappa shape index (κ2) is 7.76. The van der Waals surface area contributed by atoms with Crippen LogP contribution in [0.3, 0.4) is 0 Å². The monoisotopic (exact) mass is 405 g/mol. The van der Waals surface area contributed by atoms with Crippen LogP contribution in [0.1, 0.15) is 23.2 Å². The maximum absolute atomic E-state index is 11.9. The minimum Gasteiger partial charge on any atom is -0.489 e. The summed E-state index contributed by atoms with van der Waals surface area (Å²) >= 11 is 0. The fourth-order valence-corrected chi connectivity index (χ4v) is 4.02. The van der Waals surface area contributed by atoms with Gasteiger partial charge in [0, 0.05) is 16.6 Å². The van der Waals surface area contributed by atoms with E-state index in [-0.39, 0.29) is 0 Å². The Morgan fingerprint density at radius 3 is 2.67 bits per heavy atom. The molecule has 1 unspecified atom stereocenters. The van der Waals surface area contributed by atoms with Crippen molar-refractivity contribution in [2.45, 2.75) is 26.4 Å². The molecule has 0 radical (unpaired) electrons. The molecule has 1 aromatic heterocycles. The van der Waals surface area contributed by atoms with Gasteiger partial charge in [0.1, 0.15) is 12.4 Å². The van der Waals surface area contributed by atoms with Gasteiger partial charge < -0.3 is 10.5 Å². The van der Waals surface area contributed by atoms with Crippen molar-refractivity contribution in [1.82, 2.24) is 10.5 Å². The lowest BCUT2D eigenvalue weighted by Crippen LogP contribution is -2.33. The molecule has 3 aromatic rings. The van der Waals surface area contributed by atoms with Crippen LogP contribution in [-0.2, 0) is 22.6 Å². The second-order valence-electron chi connectivity index (χ2n) is 7.80. The van der Waals surface area contributed by atoms with E-state index in [1.54, 1.807) is 5.48 Å². The van der Waals surface area contributed by atoms with Crippen LogP contribution in [0.15, 0.2) is 54.6 Å². The SMILES string of the molecule is Cc1cc(COc2ccc(C[C@]3(C(N)=O)CC3C(=O)NO)cc2)c2ccccc2n1. The molecule has 1 saturated carbocycles. The van der Waals surface area contributed by atoms with Gasteiger partial charge in [0.05, 0.1) is 16.8 Å². The molecular formula is C23H23N3O4. The number of benzene rings is 2. The highest BCUT2D eigenvalue weighted by Gasteiger charge is 2.62. The third-order valence-corrected chi connectivity index (χ3v) is 5.76. The van der Waals surface area contributed by atoms with Crippen LogP contribution in [0.2, 0.25) is 0 Å². The molecule has 1 fully saturated rings. The first-order valence-corrected chi connectivity index (χ1v) is 9.74. The van der Waals surface area contributed by atoms with Gasteiger partial charge in [-0.05, 0) is 49.6 Å². The Morgan fingerprint density at radius 1 is 1.23 bits per heavy atom. The van der Waals surface area contributed by atoms with E-state index in [4.69, 9.17) is 15.7 Å². The smallest absolute Gasteiger partial charge is 0.247 e. The summed E-state index contributed by atoms with van der Waals surface area (Å²) in [6, 6.07) is 17.4. The Labute approximate surface area is 173 Å². The number of rotatable bonds is 7. The normalized spacial score (nSPS) is 20.0. The minimum absolute atomic E-state index is 0.335. The van der Waals surface area contributed by atoms with Gasteiger partial charge in [-0.2, -0.15) is 0 Å². The van der Waals surface area contributed by atoms with E-state index in [2.05, 4.69) is 4.98 Å². The Bertz CT molecular complexity index is 1110. The summed E-state index contributed by atoms with van der Waals surface area (Å²) in [4.78, 5) is 28.1. The summed E-state index contributed by atoms with van der Waals surface area (Å²) in [5, 5.41) is 9.89. The number of ether oxygens (including phenoxy) is 1. The number of primary amides is 1. The van der Waals surface area contributed by atoms with Gasteiger partial charge in [0.15, 0.2) is 0 Å². The van der Waals surface area contributed by atoms with Gasteiger partial charge in [0.2, 0.25) is 11.8 Å². The summed E-state index contributed by atoms with van der Waals surface area (Å²) in [6.45, 7) is 2.37. The van der Waals surface area contributed by atoms with Crippen molar-refractivity contribution >= 4 is 22.7 Å². The van der Waals surface area contributed by atoms with Crippen LogP contribution in [0.4, 0.5) is 0 Å². The number of amides is 2. The van der Waals surface area contributed by atoms with Crippen molar-refractivity contribution in [3.05, 3.63) is 71.4 Å². The number of nitrogens with two attached hydrogens (primary N) is 1. The third-order valence-electron chi connectivity index (χ3n) is 5.76. The predicted molar refractivity (Wildman–Crippen MR) is 111 cm³/mol. The van der Waals surface area contributed by atoms with Gasteiger partial charge in [0.25, 0.3) is 0 Å². The number of hydrogen-bond donors (Lipinski definition) is 3. The van der Waals surface area contributed by atoms with E-state index in [0.717, 1.165) is 27.7 Å². The summed E-state index contributed by atoms with van der Waals surface area (Å²) in [5.41, 5.74) is 10.0. The molecule has 1 aliphatic rings. The molecule has 7 nitrogen and oxygen atoms in total. The molecule has 1 aliphatic carbocycles. The number of nitrogens with one attached hydrogen (secondary N) is 1. The average molecular weight is 405 g/mol. The number of aryl methyl sites for hydroxylation is 1. The number of aromatic nitrogens is 1. The zero-order chi connectivity index (χ0) is 21.3. The lowest BCUT2D eigenvalue weighted by Gasteiger charge is -2.14. The van der Waals surface area contributed by atoms with Gasteiger partial charge in [-0.25, -0.2) is 5.48 Å². The average Bonchev–Trinajstić information content (AvgIpc) is 3.48. The number of fused-ring (bicyclic) bond motifs is 1. The zero-order valence-electron chi connectivity index (χ0n) is 16.6. The predicted octanol–water partition coefficient (Wildman–Crippen LogP) is 2.66. The van der Waals surface area contributed by atoms with Crippen LogP contribution in [0.5, 0.6) is 5.75 Å². The van der Waals surface area contributed by atoms with Gasteiger partial charge in [-0.3, -0.25) is 19.8 Å². The molecule has 4 N–H and O–H groups in total. The molecule has 2 aromatic carbocycles. The summed E-state index contributed by atoms with van der Waals surface area (Å²) in [5.74, 6) is -1.00. The third kappa shape index (κ3) is 3.71. The van der Waals surface area contributed by atoms with Gasteiger partial charge in [-0.15, -0.1) is 0 Å². The van der Waals surface area contributed by atoms with Crippen molar-refractivity contribution in [3.63, 3.8) is 0 Å². The first kappa shape index (κ1) is 19.8. The molecule has 2 atom stereocenters. The molecule has 154 valence electrons. The molecule has 4 rings (SSSR count). The molecule has 30 heavy (non-hydrogen) atoms. The first-order chi connectivity index (χ1) is 14.4. The van der Waals surface area contributed by atoms with E-state index < -0.39 is 23.1 Å². The number of hydrogen-bond acceptors (Lipinski definition) is 5. The Kier molecular flexibility index (Phi) is 5.13. The van der Waals surface area contributed by atoms with Gasteiger partial charge in [-0.1, -0.05) is 30.3 Å². The fourth-order valence-electron chi connectivity index (χ4n) is 4.02. The molecule has 2 amide bonds. The Hall–Kier alpha value is -3.45. The van der Waals surface area contributed by atoms with Crippen LogP contribution in [-0.4, -0.2) is 22.0 Å². The Balaban J connectivity index is 1.45. The number of pyridine rings is 1. The lowest BCUT2D eigenvalue weighted by molar-refractivity contribution is -0.134. The largest absolute Gasteiger partial charge is 0.489 e. The molecule has 0 saturated heterocycles. The number of carbonyl (C=O) groups excluding carboxylic acids is 2. The highest BCUT2D eigenvalue weighted by molar-refractivity contribution is 5.95. The van der Waals surface area contributed by atoms with E-state index in [0.29, 0.717) is 25.2 Å².